The largest absolute Gasteiger partial charge is 0.394 e. The highest BCUT2D eigenvalue weighted by Crippen LogP contribution is 2.27. The fourth-order valence-corrected chi connectivity index (χ4v) is 3.18. The van der Waals surface area contributed by atoms with Gasteiger partial charge in [0.25, 0.3) is 0 Å². The van der Waals surface area contributed by atoms with Crippen molar-refractivity contribution < 1.29 is 5.11 Å². The maximum Gasteiger partial charge on any atom is 0.0613 e. The predicted octanol–water partition coefficient (Wildman–Crippen LogP) is 3.42. The van der Waals surface area contributed by atoms with Crippen molar-refractivity contribution in [2.45, 2.75) is 84.2 Å². The van der Waals surface area contributed by atoms with Gasteiger partial charge in [-0.3, -0.25) is 0 Å². The summed E-state index contributed by atoms with van der Waals surface area (Å²) in [6, 6.07) is 0.670. The van der Waals surface area contributed by atoms with Gasteiger partial charge in [0.05, 0.1) is 6.61 Å². The molecular formula is C18H38N2O. The van der Waals surface area contributed by atoms with E-state index in [2.05, 4.69) is 37.9 Å². The lowest BCUT2D eigenvalue weighted by molar-refractivity contribution is 0.134. The molecule has 0 amide bonds. The average molecular weight is 299 g/mol. The van der Waals surface area contributed by atoms with Crippen molar-refractivity contribution in [3.63, 3.8) is 0 Å². The van der Waals surface area contributed by atoms with Gasteiger partial charge in [-0.15, -0.1) is 0 Å². The Morgan fingerprint density at radius 1 is 1.19 bits per heavy atom. The lowest BCUT2D eigenvalue weighted by atomic mass is 9.90. The Morgan fingerprint density at radius 3 is 2.29 bits per heavy atom. The highest BCUT2D eigenvalue weighted by molar-refractivity contribution is 4.94. The van der Waals surface area contributed by atoms with Gasteiger partial charge in [-0.2, -0.15) is 0 Å². The molecule has 0 radical (unpaired) electrons. The van der Waals surface area contributed by atoms with Crippen molar-refractivity contribution in [3.05, 3.63) is 0 Å². The van der Waals surface area contributed by atoms with Crippen LogP contribution in [-0.4, -0.2) is 47.8 Å². The summed E-state index contributed by atoms with van der Waals surface area (Å²) >= 11 is 0. The molecule has 1 aliphatic carbocycles. The third kappa shape index (κ3) is 6.66. The van der Waals surface area contributed by atoms with Crippen molar-refractivity contribution in [3.8, 4) is 0 Å². The van der Waals surface area contributed by atoms with Crippen LogP contribution in [-0.2, 0) is 0 Å². The van der Waals surface area contributed by atoms with Crippen LogP contribution in [0.2, 0.25) is 0 Å². The molecule has 0 saturated heterocycles. The van der Waals surface area contributed by atoms with Gasteiger partial charge < -0.3 is 15.3 Å². The van der Waals surface area contributed by atoms with Crippen LogP contribution in [0.1, 0.15) is 72.6 Å². The molecule has 0 aromatic carbocycles. The van der Waals surface area contributed by atoms with Crippen LogP contribution >= 0.6 is 0 Å². The monoisotopic (exact) mass is 298 g/mol. The predicted molar refractivity (Wildman–Crippen MR) is 91.7 cm³/mol. The van der Waals surface area contributed by atoms with E-state index in [1.165, 1.54) is 45.2 Å². The molecule has 1 aliphatic rings. The Hall–Kier alpha value is -0.120. The van der Waals surface area contributed by atoms with Gasteiger partial charge in [0.1, 0.15) is 0 Å². The molecule has 1 atom stereocenters. The fraction of sp³-hybridized carbons (Fsp3) is 1.00. The number of hydrogen-bond donors (Lipinski definition) is 2. The van der Waals surface area contributed by atoms with Gasteiger partial charge >= 0.3 is 0 Å². The molecule has 2 N–H and O–H groups in total. The minimum Gasteiger partial charge on any atom is -0.394 e. The zero-order valence-electron chi connectivity index (χ0n) is 14.8. The Kier molecular flexibility index (Phi) is 8.84. The summed E-state index contributed by atoms with van der Waals surface area (Å²) in [7, 11) is 0. The summed E-state index contributed by atoms with van der Waals surface area (Å²) in [5.41, 5.74) is -0.0322. The van der Waals surface area contributed by atoms with Crippen molar-refractivity contribution in [2.75, 3.05) is 26.2 Å². The van der Waals surface area contributed by atoms with Crippen molar-refractivity contribution in [2.24, 2.45) is 5.92 Å². The quantitative estimate of drug-likeness (QED) is 0.547. The molecule has 0 aliphatic heterocycles. The number of aliphatic hydroxyl groups is 1. The number of aliphatic hydroxyl groups excluding tert-OH is 1. The maximum atomic E-state index is 9.82. The summed E-state index contributed by atoms with van der Waals surface area (Å²) in [6.07, 6.45) is 8.45. The van der Waals surface area contributed by atoms with Gasteiger partial charge in [-0.1, -0.05) is 40.5 Å². The number of nitrogens with zero attached hydrogens (tertiary/aromatic N) is 1. The first kappa shape index (κ1) is 18.9. The van der Waals surface area contributed by atoms with E-state index in [0.29, 0.717) is 6.04 Å². The highest BCUT2D eigenvalue weighted by Gasteiger charge is 2.33. The lowest BCUT2D eigenvalue weighted by Crippen LogP contribution is -2.49. The Labute approximate surface area is 132 Å². The van der Waals surface area contributed by atoms with E-state index in [1.807, 2.05) is 0 Å². The SMILES string of the molecule is CCC(CC)CN(CC)CCCC(CC)(CO)NC1CC1. The molecular weight excluding hydrogens is 260 g/mol. The zero-order chi connectivity index (χ0) is 15.7. The first-order valence-electron chi connectivity index (χ1n) is 9.23. The van der Waals surface area contributed by atoms with Crippen LogP contribution in [0.4, 0.5) is 0 Å². The molecule has 126 valence electrons. The molecule has 0 aromatic heterocycles. The maximum absolute atomic E-state index is 9.82. The molecule has 0 spiro atoms. The van der Waals surface area contributed by atoms with Crippen LogP contribution < -0.4 is 5.32 Å². The topological polar surface area (TPSA) is 35.5 Å². The minimum atomic E-state index is -0.0322. The van der Waals surface area contributed by atoms with E-state index < -0.39 is 0 Å². The summed E-state index contributed by atoms with van der Waals surface area (Å²) in [6.45, 7) is 12.9. The van der Waals surface area contributed by atoms with Crippen molar-refractivity contribution in [1.82, 2.24) is 10.2 Å². The number of hydrogen-bond acceptors (Lipinski definition) is 3. The fourth-order valence-electron chi connectivity index (χ4n) is 3.18. The molecule has 1 fully saturated rings. The van der Waals surface area contributed by atoms with Gasteiger partial charge in [-0.25, -0.2) is 0 Å². The second-order valence-corrected chi connectivity index (χ2v) is 6.89. The standard InChI is InChI=1S/C18H38N2O/c1-5-16(6-2)14-20(8-4)13-9-12-18(7-3,15-21)19-17-10-11-17/h16-17,19,21H,5-15H2,1-4H3. The summed E-state index contributed by atoms with van der Waals surface area (Å²) in [4.78, 5) is 2.59. The summed E-state index contributed by atoms with van der Waals surface area (Å²) in [5, 5.41) is 13.5. The Balaban J connectivity index is 2.36. The first-order chi connectivity index (χ1) is 10.1. The number of rotatable bonds is 13. The van der Waals surface area contributed by atoms with E-state index in [9.17, 15) is 5.11 Å². The molecule has 1 rings (SSSR count). The summed E-state index contributed by atoms with van der Waals surface area (Å²) in [5.74, 6) is 0.836. The smallest absolute Gasteiger partial charge is 0.0613 e. The Morgan fingerprint density at radius 2 is 1.86 bits per heavy atom. The molecule has 1 unspecified atom stereocenters. The normalized spacial score (nSPS) is 18.4. The van der Waals surface area contributed by atoms with Gasteiger partial charge in [0.15, 0.2) is 0 Å². The lowest BCUT2D eigenvalue weighted by Gasteiger charge is -2.34. The average Bonchev–Trinajstić information content (AvgIpc) is 3.33. The van der Waals surface area contributed by atoms with Crippen LogP contribution in [0.3, 0.4) is 0 Å². The molecule has 21 heavy (non-hydrogen) atoms. The third-order valence-corrected chi connectivity index (χ3v) is 5.32. The van der Waals surface area contributed by atoms with Crippen LogP contribution in [0.25, 0.3) is 0 Å². The molecule has 1 saturated carbocycles. The van der Waals surface area contributed by atoms with Gasteiger partial charge in [0, 0.05) is 18.1 Å². The molecule has 0 heterocycles. The van der Waals surface area contributed by atoms with Crippen LogP contribution in [0, 0.1) is 5.92 Å². The van der Waals surface area contributed by atoms with E-state index in [-0.39, 0.29) is 12.1 Å². The third-order valence-electron chi connectivity index (χ3n) is 5.32. The summed E-state index contributed by atoms with van der Waals surface area (Å²) < 4.78 is 0. The molecule has 3 heteroatoms. The van der Waals surface area contributed by atoms with E-state index >= 15 is 0 Å². The first-order valence-corrected chi connectivity index (χ1v) is 9.23. The molecule has 0 bridgehead atoms. The van der Waals surface area contributed by atoms with Crippen LogP contribution in [0.15, 0.2) is 0 Å². The second kappa shape index (κ2) is 9.81. The van der Waals surface area contributed by atoms with Crippen molar-refractivity contribution >= 4 is 0 Å². The molecule has 3 nitrogen and oxygen atoms in total. The Bertz CT molecular complexity index is 258. The van der Waals surface area contributed by atoms with Gasteiger partial charge in [-0.05, 0) is 51.1 Å². The van der Waals surface area contributed by atoms with E-state index in [1.54, 1.807) is 0 Å². The van der Waals surface area contributed by atoms with Crippen LogP contribution in [0.5, 0.6) is 0 Å². The van der Waals surface area contributed by atoms with E-state index in [4.69, 9.17) is 0 Å². The van der Waals surface area contributed by atoms with Gasteiger partial charge in [0.2, 0.25) is 0 Å². The van der Waals surface area contributed by atoms with Crippen molar-refractivity contribution in [1.29, 1.82) is 0 Å². The molecule has 0 aromatic rings. The second-order valence-electron chi connectivity index (χ2n) is 6.89. The van der Waals surface area contributed by atoms with E-state index in [0.717, 1.165) is 25.3 Å². The highest BCUT2D eigenvalue weighted by atomic mass is 16.3. The number of nitrogens with one attached hydrogen (secondary N) is 1. The minimum absolute atomic E-state index is 0.0322. The zero-order valence-corrected chi connectivity index (χ0v) is 14.8.